The molecule has 0 bridgehead atoms. The van der Waals surface area contributed by atoms with Gasteiger partial charge in [-0.25, -0.2) is 8.42 Å². The van der Waals surface area contributed by atoms with E-state index in [-0.39, 0.29) is 18.3 Å². The zero-order valence-corrected chi connectivity index (χ0v) is 15.5. The molecule has 0 aliphatic carbocycles. The van der Waals surface area contributed by atoms with Gasteiger partial charge in [0.25, 0.3) is 0 Å². The summed E-state index contributed by atoms with van der Waals surface area (Å²) in [6.07, 6.45) is 2.90. The van der Waals surface area contributed by atoms with E-state index < -0.39 is 15.9 Å². The third-order valence-electron chi connectivity index (χ3n) is 3.89. The fourth-order valence-electron chi connectivity index (χ4n) is 2.59. The molecule has 0 aromatic heterocycles. The van der Waals surface area contributed by atoms with Crippen molar-refractivity contribution in [3.05, 3.63) is 18.2 Å². The fourth-order valence-corrected chi connectivity index (χ4v) is 3.45. The van der Waals surface area contributed by atoms with E-state index in [2.05, 4.69) is 5.32 Å². The largest absolute Gasteiger partial charge is 0.497 e. The van der Waals surface area contributed by atoms with Gasteiger partial charge >= 0.3 is 0 Å². The Morgan fingerprint density at radius 1 is 1.36 bits per heavy atom. The predicted molar refractivity (Wildman–Crippen MR) is 93.7 cm³/mol. The number of benzene rings is 1. The summed E-state index contributed by atoms with van der Waals surface area (Å²) in [5.41, 5.74) is 0.276. The summed E-state index contributed by atoms with van der Waals surface area (Å²) in [4.78, 5) is 12.2. The van der Waals surface area contributed by atoms with Gasteiger partial charge in [0.15, 0.2) is 0 Å². The van der Waals surface area contributed by atoms with Gasteiger partial charge in [0.1, 0.15) is 18.0 Å². The van der Waals surface area contributed by atoms with E-state index in [4.69, 9.17) is 14.2 Å². The smallest absolute Gasteiger partial charge is 0.240 e. The molecule has 1 aliphatic heterocycles. The lowest BCUT2D eigenvalue weighted by molar-refractivity contribution is -0.120. The second-order valence-electron chi connectivity index (χ2n) is 5.75. The lowest BCUT2D eigenvalue weighted by Crippen LogP contribution is -2.42. The summed E-state index contributed by atoms with van der Waals surface area (Å²) in [5.74, 6) is 0.424. The summed E-state index contributed by atoms with van der Waals surface area (Å²) in [6, 6.07) is 4.73. The highest BCUT2D eigenvalue weighted by Gasteiger charge is 2.25. The van der Waals surface area contributed by atoms with Gasteiger partial charge in [-0.1, -0.05) is 0 Å². The van der Waals surface area contributed by atoms with E-state index >= 15 is 0 Å². The maximum atomic E-state index is 12.2. The lowest BCUT2D eigenvalue weighted by atomic mass is 10.2. The number of sulfonamides is 1. The predicted octanol–water partition coefficient (Wildman–Crippen LogP) is 0.765. The van der Waals surface area contributed by atoms with Crippen LogP contribution in [-0.4, -0.2) is 60.6 Å². The Kier molecular flexibility index (Phi) is 6.49. The summed E-state index contributed by atoms with van der Waals surface area (Å²) < 4.78 is 41.2. The normalized spacial score (nSPS) is 17.2. The topological polar surface area (TPSA) is 94.2 Å². The molecule has 140 valence electrons. The van der Waals surface area contributed by atoms with Crippen molar-refractivity contribution in [2.75, 3.05) is 44.5 Å². The van der Waals surface area contributed by atoms with Crippen LogP contribution in [0.4, 0.5) is 5.69 Å². The Morgan fingerprint density at radius 3 is 2.68 bits per heavy atom. The molecule has 1 saturated heterocycles. The average molecular weight is 372 g/mol. The number of carbonyl (C=O) groups excluding carboxylic acids is 1. The van der Waals surface area contributed by atoms with Crippen molar-refractivity contribution in [2.45, 2.75) is 18.9 Å². The summed E-state index contributed by atoms with van der Waals surface area (Å²) in [7, 11) is -0.754. The molecule has 1 heterocycles. The molecule has 2 rings (SSSR count). The number of amides is 1. The first-order chi connectivity index (χ1) is 11.8. The van der Waals surface area contributed by atoms with Crippen LogP contribution in [0.1, 0.15) is 12.8 Å². The van der Waals surface area contributed by atoms with Gasteiger partial charge in [-0.2, -0.15) is 0 Å². The number of nitrogens with zero attached hydrogens (tertiary/aromatic N) is 1. The first kappa shape index (κ1) is 19.3. The summed E-state index contributed by atoms with van der Waals surface area (Å²) in [5, 5.41) is 2.72. The van der Waals surface area contributed by atoms with Gasteiger partial charge in [0.2, 0.25) is 15.9 Å². The average Bonchev–Trinajstić information content (AvgIpc) is 3.10. The van der Waals surface area contributed by atoms with Gasteiger partial charge in [-0.15, -0.1) is 0 Å². The highest BCUT2D eigenvalue weighted by molar-refractivity contribution is 7.92. The molecule has 0 radical (unpaired) electrons. The minimum Gasteiger partial charge on any atom is -0.497 e. The van der Waals surface area contributed by atoms with E-state index in [1.165, 1.54) is 14.2 Å². The van der Waals surface area contributed by atoms with Crippen LogP contribution in [-0.2, 0) is 19.6 Å². The number of anilines is 1. The van der Waals surface area contributed by atoms with Crippen molar-refractivity contribution >= 4 is 21.6 Å². The second kappa shape index (κ2) is 8.39. The molecule has 0 unspecified atom stereocenters. The molecule has 25 heavy (non-hydrogen) atoms. The zero-order chi connectivity index (χ0) is 18.4. The molecule has 9 heteroatoms. The van der Waals surface area contributed by atoms with Crippen LogP contribution >= 0.6 is 0 Å². The highest BCUT2D eigenvalue weighted by Crippen LogP contribution is 2.33. The summed E-state index contributed by atoms with van der Waals surface area (Å²) >= 11 is 0. The molecule has 0 saturated carbocycles. The van der Waals surface area contributed by atoms with Crippen molar-refractivity contribution in [2.24, 2.45) is 0 Å². The Labute approximate surface area is 148 Å². The van der Waals surface area contributed by atoms with E-state index in [0.29, 0.717) is 24.7 Å². The quantitative estimate of drug-likeness (QED) is 0.724. The molecular formula is C16H24N2O6S. The molecule has 1 amide bonds. The minimum absolute atomic E-state index is 0.00819. The van der Waals surface area contributed by atoms with Gasteiger partial charge < -0.3 is 19.5 Å². The van der Waals surface area contributed by atoms with Gasteiger partial charge in [0, 0.05) is 19.2 Å². The van der Waals surface area contributed by atoms with Crippen molar-refractivity contribution in [1.29, 1.82) is 0 Å². The van der Waals surface area contributed by atoms with Crippen molar-refractivity contribution in [3.8, 4) is 11.5 Å². The number of ether oxygens (including phenoxy) is 3. The first-order valence-electron chi connectivity index (χ1n) is 7.93. The number of rotatable bonds is 8. The van der Waals surface area contributed by atoms with Gasteiger partial charge in [0.05, 0.1) is 32.3 Å². The molecule has 1 fully saturated rings. The molecule has 1 aromatic rings. The number of methoxy groups -OCH3 is 2. The van der Waals surface area contributed by atoms with Gasteiger partial charge in [-0.3, -0.25) is 9.10 Å². The molecular weight excluding hydrogens is 348 g/mol. The standard InChI is InChI=1S/C16H24N2O6S/c1-22-12-6-7-14(15(9-12)23-2)18(25(3,20)21)11-16(19)17-10-13-5-4-8-24-13/h6-7,9,13H,4-5,8,10-11H2,1-3H3,(H,17,19)/t13-/m0/s1. The number of nitrogens with one attached hydrogen (secondary N) is 1. The zero-order valence-electron chi connectivity index (χ0n) is 14.6. The SMILES string of the molecule is COc1ccc(N(CC(=O)NC[C@@H]2CCCO2)S(C)(=O)=O)c(OC)c1. The molecule has 1 N–H and O–H groups in total. The van der Waals surface area contributed by atoms with Crippen LogP contribution < -0.4 is 19.1 Å². The van der Waals surface area contributed by atoms with Crippen molar-refractivity contribution < 1.29 is 27.4 Å². The highest BCUT2D eigenvalue weighted by atomic mass is 32.2. The van der Waals surface area contributed by atoms with E-state index in [0.717, 1.165) is 23.4 Å². The molecule has 1 aliphatic rings. The van der Waals surface area contributed by atoms with Crippen LogP contribution in [0.25, 0.3) is 0 Å². The lowest BCUT2D eigenvalue weighted by Gasteiger charge is -2.24. The van der Waals surface area contributed by atoms with Crippen LogP contribution in [0.15, 0.2) is 18.2 Å². The Morgan fingerprint density at radius 2 is 2.12 bits per heavy atom. The Balaban J connectivity index is 2.15. The number of carbonyl (C=O) groups is 1. The maximum absolute atomic E-state index is 12.2. The third kappa shape index (κ3) is 5.23. The monoisotopic (exact) mass is 372 g/mol. The van der Waals surface area contributed by atoms with E-state index in [1.807, 2.05) is 0 Å². The fraction of sp³-hybridized carbons (Fsp3) is 0.562. The van der Waals surface area contributed by atoms with Crippen LogP contribution in [0, 0.1) is 0 Å². The van der Waals surface area contributed by atoms with Gasteiger partial charge in [-0.05, 0) is 25.0 Å². The van der Waals surface area contributed by atoms with Crippen LogP contribution in [0.5, 0.6) is 11.5 Å². The Hall–Kier alpha value is -2.00. The number of hydrogen-bond acceptors (Lipinski definition) is 6. The second-order valence-corrected chi connectivity index (χ2v) is 7.65. The van der Waals surface area contributed by atoms with E-state index in [1.54, 1.807) is 18.2 Å². The van der Waals surface area contributed by atoms with Crippen LogP contribution in [0.3, 0.4) is 0 Å². The Bertz CT molecular complexity index is 701. The van der Waals surface area contributed by atoms with Crippen LogP contribution in [0.2, 0.25) is 0 Å². The molecule has 1 aromatic carbocycles. The first-order valence-corrected chi connectivity index (χ1v) is 9.78. The number of hydrogen-bond donors (Lipinski definition) is 1. The van der Waals surface area contributed by atoms with E-state index in [9.17, 15) is 13.2 Å². The summed E-state index contributed by atoms with van der Waals surface area (Å²) in [6.45, 7) is 0.726. The molecule has 0 spiro atoms. The van der Waals surface area contributed by atoms with Crippen molar-refractivity contribution in [1.82, 2.24) is 5.32 Å². The molecule has 8 nitrogen and oxygen atoms in total. The third-order valence-corrected chi connectivity index (χ3v) is 5.02. The minimum atomic E-state index is -3.68. The molecule has 1 atom stereocenters. The maximum Gasteiger partial charge on any atom is 0.240 e. The van der Waals surface area contributed by atoms with Crippen molar-refractivity contribution in [3.63, 3.8) is 0 Å².